The fourth-order valence-corrected chi connectivity index (χ4v) is 0.249. The van der Waals surface area contributed by atoms with Crippen LogP contribution >= 0.6 is 0 Å². The summed E-state index contributed by atoms with van der Waals surface area (Å²) in [7, 11) is 0. The Balaban J connectivity index is -0.0000000617. The topological polar surface area (TPSA) is 46.2 Å². The number of Topliss-reactive ketones (excluding diaryl/α,β-unsaturated/α-hetero) is 1. The van der Waals surface area contributed by atoms with Crippen LogP contribution in [0.15, 0.2) is 0 Å². The maximum atomic E-state index is 9.93. The van der Waals surface area contributed by atoms with Gasteiger partial charge < -0.3 is 10.1 Å². The van der Waals surface area contributed by atoms with Gasteiger partial charge in [-0.05, 0) is 13.8 Å². The molecule has 0 aliphatic carbocycles. The van der Waals surface area contributed by atoms with Crippen LogP contribution in [-0.2, 0) is 9.59 Å². The number of nitrogens with one attached hydrogen (secondary N) is 1. The highest BCUT2D eigenvalue weighted by Gasteiger charge is 1.79. The monoisotopic (exact) mass is 219 g/mol. The molecule has 1 N–H and O–H groups in total. The Bertz CT molecular complexity index is 134. The van der Waals surface area contributed by atoms with Crippen molar-refractivity contribution in [3.05, 3.63) is 0 Å². The van der Waals surface area contributed by atoms with Gasteiger partial charge in [0.15, 0.2) is 0 Å². The summed E-state index contributed by atoms with van der Waals surface area (Å²) in [6.45, 7) is 11.8. The van der Waals surface area contributed by atoms with Crippen molar-refractivity contribution in [1.82, 2.24) is 5.32 Å². The molecule has 0 aliphatic heterocycles. The molecule has 94 valence electrons. The lowest BCUT2D eigenvalue weighted by Gasteiger charge is -1.88. The molecule has 0 spiro atoms. The van der Waals surface area contributed by atoms with Gasteiger partial charge in [-0.25, -0.2) is 0 Å². The predicted molar refractivity (Wildman–Crippen MR) is 68.0 cm³/mol. The van der Waals surface area contributed by atoms with Crippen LogP contribution in [0.5, 0.6) is 0 Å². The molecule has 0 saturated heterocycles. The molecule has 0 saturated carbocycles. The van der Waals surface area contributed by atoms with Crippen LogP contribution in [0, 0.1) is 0 Å². The quantitative estimate of drug-likeness (QED) is 0.775. The van der Waals surface area contributed by atoms with E-state index >= 15 is 0 Å². The van der Waals surface area contributed by atoms with Crippen molar-refractivity contribution < 1.29 is 9.59 Å². The molecule has 0 atom stereocenters. The number of carbonyl (C=O) groups is 2. The number of hydrogen-bond acceptors (Lipinski definition) is 2. The molecule has 0 aromatic rings. The van der Waals surface area contributed by atoms with Crippen molar-refractivity contribution >= 4 is 11.7 Å². The van der Waals surface area contributed by atoms with Gasteiger partial charge >= 0.3 is 0 Å². The standard InChI is InChI=1S/C4H9NO.C4H8O.C3H8.CH4/c1-3-5-4(2)6;1-3-4(2)5;1-3-2;/h3H2,1-2H3,(H,5,6);3H2,1-2H3;3H2,1-2H3;1H4. The van der Waals surface area contributed by atoms with Gasteiger partial charge in [-0.3, -0.25) is 4.79 Å². The fraction of sp³-hybridized carbons (Fsp3) is 0.833. The van der Waals surface area contributed by atoms with Crippen LogP contribution in [0.2, 0.25) is 0 Å². The highest BCUT2D eigenvalue weighted by atomic mass is 16.1. The first-order chi connectivity index (χ1) is 6.45. The van der Waals surface area contributed by atoms with Crippen LogP contribution < -0.4 is 5.32 Å². The van der Waals surface area contributed by atoms with Gasteiger partial charge in [0.25, 0.3) is 0 Å². The summed E-state index contributed by atoms with van der Waals surface area (Å²) >= 11 is 0. The SMILES string of the molecule is C.CCC.CCC(C)=O.CCNC(C)=O. The minimum Gasteiger partial charge on any atom is -0.357 e. The third-order valence-electron chi connectivity index (χ3n) is 0.924. The maximum Gasteiger partial charge on any atom is 0.216 e. The molecule has 3 heteroatoms. The molecule has 15 heavy (non-hydrogen) atoms. The minimum absolute atomic E-state index is 0. The molecular formula is C12H29NO2. The predicted octanol–water partition coefficient (Wildman–Crippen LogP) is 3.18. The van der Waals surface area contributed by atoms with E-state index in [9.17, 15) is 9.59 Å². The summed E-state index contributed by atoms with van der Waals surface area (Å²) in [6, 6.07) is 0. The van der Waals surface area contributed by atoms with Crippen molar-refractivity contribution in [3.8, 4) is 0 Å². The van der Waals surface area contributed by atoms with E-state index in [0.717, 1.165) is 6.54 Å². The molecule has 1 amide bonds. The van der Waals surface area contributed by atoms with Crippen LogP contribution in [0.4, 0.5) is 0 Å². The second kappa shape index (κ2) is 23.2. The van der Waals surface area contributed by atoms with Crippen molar-refractivity contribution in [3.63, 3.8) is 0 Å². The average Bonchev–Trinajstić information content (AvgIpc) is 2.06. The van der Waals surface area contributed by atoms with Gasteiger partial charge in [-0.1, -0.05) is 34.6 Å². The molecule has 0 aromatic heterocycles. The van der Waals surface area contributed by atoms with Crippen molar-refractivity contribution in [2.45, 2.75) is 61.8 Å². The van der Waals surface area contributed by atoms with E-state index in [1.54, 1.807) is 6.92 Å². The zero-order valence-electron chi connectivity index (χ0n) is 10.4. The summed E-state index contributed by atoms with van der Waals surface area (Å²) in [5.74, 6) is 0.294. The smallest absolute Gasteiger partial charge is 0.216 e. The molecule has 0 fully saturated rings. The van der Waals surface area contributed by atoms with E-state index in [2.05, 4.69) is 19.2 Å². The largest absolute Gasteiger partial charge is 0.357 e. The second-order valence-electron chi connectivity index (χ2n) is 2.85. The lowest BCUT2D eigenvalue weighted by Crippen LogP contribution is -2.18. The Labute approximate surface area is 95.6 Å². The third-order valence-corrected chi connectivity index (χ3v) is 0.924. The summed E-state index contributed by atoms with van der Waals surface area (Å²) in [5.41, 5.74) is 0. The number of ketones is 1. The third kappa shape index (κ3) is 95.1. The Hall–Kier alpha value is -0.860. The van der Waals surface area contributed by atoms with E-state index < -0.39 is 0 Å². The van der Waals surface area contributed by atoms with Gasteiger partial charge in [0.2, 0.25) is 5.91 Å². The first-order valence-electron chi connectivity index (χ1n) is 5.19. The zero-order valence-corrected chi connectivity index (χ0v) is 10.4. The van der Waals surface area contributed by atoms with Crippen LogP contribution in [0.3, 0.4) is 0 Å². The van der Waals surface area contributed by atoms with E-state index in [1.165, 1.54) is 13.3 Å². The molecular weight excluding hydrogens is 190 g/mol. The summed E-state index contributed by atoms with van der Waals surface area (Å²) in [4.78, 5) is 19.7. The molecule has 0 heterocycles. The normalized spacial score (nSPS) is 6.80. The number of carbonyl (C=O) groups excluding carboxylic acids is 2. The van der Waals surface area contributed by atoms with Crippen molar-refractivity contribution in [2.75, 3.05) is 6.54 Å². The Morgan fingerprint density at radius 3 is 1.27 bits per heavy atom. The highest BCUT2D eigenvalue weighted by Crippen LogP contribution is 1.71. The molecule has 0 unspecified atom stereocenters. The van der Waals surface area contributed by atoms with E-state index in [1.807, 2.05) is 13.8 Å². The number of rotatable bonds is 2. The number of amides is 1. The minimum atomic E-state index is 0. The Morgan fingerprint density at radius 1 is 1.00 bits per heavy atom. The summed E-state index contributed by atoms with van der Waals surface area (Å²) < 4.78 is 0. The Morgan fingerprint density at radius 2 is 1.27 bits per heavy atom. The molecule has 0 rings (SSSR count). The van der Waals surface area contributed by atoms with Gasteiger partial charge in [-0.2, -0.15) is 0 Å². The van der Waals surface area contributed by atoms with Crippen LogP contribution in [0.25, 0.3) is 0 Å². The zero-order chi connectivity index (χ0) is 12.0. The van der Waals surface area contributed by atoms with Gasteiger partial charge in [0.1, 0.15) is 5.78 Å². The van der Waals surface area contributed by atoms with E-state index in [4.69, 9.17) is 0 Å². The van der Waals surface area contributed by atoms with Gasteiger partial charge in [0, 0.05) is 19.9 Å². The lowest BCUT2D eigenvalue weighted by atomic mass is 10.4. The molecule has 3 nitrogen and oxygen atoms in total. The second-order valence-corrected chi connectivity index (χ2v) is 2.85. The van der Waals surface area contributed by atoms with E-state index in [-0.39, 0.29) is 19.1 Å². The summed E-state index contributed by atoms with van der Waals surface area (Å²) in [5, 5.41) is 2.57. The van der Waals surface area contributed by atoms with Crippen LogP contribution in [0.1, 0.15) is 61.8 Å². The Kier molecular flexibility index (Phi) is 36.7. The molecule has 0 radical (unpaired) electrons. The molecule has 0 aromatic carbocycles. The first-order valence-corrected chi connectivity index (χ1v) is 5.19. The first kappa shape index (κ1) is 23.7. The highest BCUT2D eigenvalue weighted by molar-refractivity contribution is 5.74. The van der Waals surface area contributed by atoms with Crippen molar-refractivity contribution in [2.24, 2.45) is 0 Å². The number of hydrogen-bond donors (Lipinski definition) is 1. The summed E-state index contributed by atoms with van der Waals surface area (Å²) in [6.07, 6.45) is 1.92. The van der Waals surface area contributed by atoms with Gasteiger partial charge in [-0.15, -0.1) is 0 Å². The lowest BCUT2D eigenvalue weighted by molar-refractivity contribution is -0.119. The average molecular weight is 219 g/mol. The van der Waals surface area contributed by atoms with Crippen molar-refractivity contribution in [1.29, 1.82) is 0 Å². The van der Waals surface area contributed by atoms with Crippen LogP contribution in [-0.4, -0.2) is 18.2 Å². The maximum absolute atomic E-state index is 9.93. The van der Waals surface area contributed by atoms with Gasteiger partial charge in [0.05, 0.1) is 0 Å². The molecule has 0 aliphatic rings. The fourth-order valence-electron chi connectivity index (χ4n) is 0.249. The molecule has 0 bridgehead atoms. The van der Waals surface area contributed by atoms with E-state index in [0.29, 0.717) is 6.42 Å².